The highest BCUT2D eigenvalue weighted by molar-refractivity contribution is 5.79. The van der Waals surface area contributed by atoms with Gasteiger partial charge >= 0.3 is 6.03 Å². The van der Waals surface area contributed by atoms with Crippen LogP contribution in [0.15, 0.2) is 12.2 Å². The van der Waals surface area contributed by atoms with Gasteiger partial charge in [0, 0.05) is 31.1 Å². The SMILES string of the molecule is CC(C)NC(=O)[C@@H]1CCC[C@H](NC(=O)N2C[C@H]3CC=CC[C@H]3C2)C1. The number of allylic oxidation sites excluding steroid dienone is 2. The van der Waals surface area contributed by atoms with E-state index in [1.807, 2.05) is 18.7 Å². The number of hydrogen-bond donors (Lipinski definition) is 2. The van der Waals surface area contributed by atoms with E-state index in [9.17, 15) is 9.59 Å². The molecule has 0 aromatic carbocycles. The van der Waals surface area contributed by atoms with E-state index in [4.69, 9.17) is 0 Å². The van der Waals surface area contributed by atoms with Crippen LogP contribution in [0.2, 0.25) is 0 Å². The third-order valence-electron chi connectivity index (χ3n) is 5.71. The molecule has 24 heavy (non-hydrogen) atoms. The van der Waals surface area contributed by atoms with Gasteiger partial charge in [0.25, 0.3) is 0 Å². The standard InChI is InChI=1S/C19H31N3O2/c1-13(2)20-18(23)14-8-5-9-17(10-14)21-19(24)22-11-15-6-3-4-7-16(15)12-22/h3-4,13-17H,5-12H2,1-2H3,(H,20,23)(H,21,24)/t14-,15-,16+,17+/m1/s1. The summed E-state index contributed by atoms with van der Waals surface area (Å²) in [6.07, 6.45) is 10.4. The van der Waals surface area contributed by atoms with E-state index in [-0.39, 0.29) is 29.9 Å². The number of rotatable bonds is 3. The average molecular weight is 333 g/mol. The topological polar surface area (TPSA) is 61.4 Å². The van der Waals surface area contributed by atoms with Gasteiger partial charge in [-0.3, -0.25) is 4.79 Å². The summed E-state index contributed by atoms with van der Waals surface area (Å²) in [6.45, 7) is 5.74. The van der Waals surface area contributed by atoms with Gasteiger partial charge in [0.15, 0.2) is 0 Å². The number of likely N-dealkylation sites (tertiary alicyclic amines) is 1. The van der Waals surface area contributed by atoms with Crippen LogP contribution in [-0.4, -0.2) is 42.0 Å². The Morgan fingerprint density at radius 2 is 1.75 bits per heavy atom. The van der Waals surface area contributed by atoms with Crippen molar-refractivity contribution in [2.45, 2.75) is 64.5 Å². The molecule has 5 nitrogen and oxygen atoms in total. The fourth-order valence-corrected chi connectivity index (χ4v) is 4.41. The molecule has 0 spiro atoms. The van der Waals surface area contributed by atoms with Gasteiger partial charge in [0.05, 0.1) is 0 Å². The van der Waals surface area contributed by atoms with E-state index in [1.165, 1.54) is 0 Å². The number of nitrogens with one attached hydrogen (secondary N) is 2. The average Bonchev–Trinajstić information content (AvgIpc) is 2.98. The Balaban J connectivity index is 1.48. The molecule has 3 amide bonds. The van der Waals surface area contributed by atoms with E-state index < -0.39 is 0 Å². The smallest absolute Gasteiger partial charge is 0.317 e. The predicted octanol–water partition coefficient (Wildman–Crippen LogP) is 2.68. The van der Waals surface area contributed by atoms with Crippen LogP contribution in [0, 0.1) is 17.8 Å². The summed E-state index contributed by atoms with van der Waals surface area (Å²) in [5, 5.41) is 6.20. The van der Waals surface area contributed by atoms with Gasteiger partial charge in [-0.15, -0.1) is 0 Å². The molecule has 2 N–H and O–H groups in total. The molecule has 3 rings (SSSR count). The lowest BCUT2D eigenvalue weighted by atomic mass is 9.85. The summed E-state index contributed by atoms with van der Waals surface area (Å²) in [5.74, 6) is 1.45. The molecule has 0 bridgehead atoms. The molecule has 0 aromatic rings. The Hall–Kier alpha value is -1.52. The minimum Gasteiger partial charge on any atom is -0.354 e. The highest BCUT2D eigenvalue weighted by Gasteiger charge is 2.36. The first-order valence-corrected chi connectivity index (χ1v) is 9.53. The molecule has 1 heterocycles. The quantitative estimate of drug-likeness (QED) is 0.780. The summed E-state index contributed by atoms with van der Waals surface area (Å²) >= 11 is 0. The van der Waals surface area contributed by atoms with Crippen LogP contribution in [0.25, 0.3) is 0 Å². The van der Waals surface area contributed by atoms with Crippen LogP contribution < -0.4 is 10.6 Å². The second-order valence-electron chi connectivity index (χ2n) is 8.04. The number of amides is 3. The minimum atomic E-state index is 0.0387. The van der Waals surface area contributed by atoms with Gasteiger partial charge in [-0.1, -0.05) is 18.6 Å². The maximum Gasteiger partial charge on any atom is 0.317 e. The van der Waals surface area contributed by atoms with Crippen LogP contribution in [0.4, 0.5) is 4.79 Å². The van der Waals surface area contributed by atoms with Crippen molar-refractivity contribution in [1.29, 1.82) is 0 Å². The molecule has 3 aliphatic rings. The molecule has 5 heteroatoms. The van der Waals surface area contributed by atoms with Crippen LogP contribution in [-0.2, 0) is 4.79 Å². The molecule has 2 aliphatic carbocycles. The third-order valence-corrected chi connectivity index (χ3v) is 5.71. The summed E-state index contributed by atoms with van der Waals surface area (Å²) in [6, 6.07) is 0.378. The molecule has 0 radical (unpaired) electrons. The molecule has 0 aromatic heterocycles. The Morgan fingerprint density at radius 3 is 2.38 bits per heavy atom. The monoisotopic (exact) mass is 333 g/mol. The normalized spacial score (nSPS) is 32.5. The van der Waals surface area contributed by atoms with E-state index >= 15 is 0 Å². The van der Waals surface area contributed by atoms with Gasteiger partial charge < -0.3 is 15.5 Å². The van der Waals surface area contributed by atoms with E-state index in [0.717, 1.165) is 51.6 Å². The van der Waals surface area contributed by atoms with E-state index in [0.29, 0.717) is 11.8 Å². The molecular formula is C19H31N3O2. The Labute approximate surface area is 145 Å². The van der Waals surface area contributed by atoms with Gasteiger partial charge in [-0.2, -0.15) is 0 Å². The highest BCUT2D eigenvalue weighted by Crippen LogP contribution is 2.33. The Kier molecular flexibility index (Phi) is 5.47. The first-order chi connectivity index (χ1) is 11.5. The molecule has 1 saturated carbocycles. The van der Waals surface area contributed by atoms with Crippen molar-refractivity contribution in [2.75, 3.05) is 13.1 Å². The lowest BCUT2D eigenvalue weighted by Gasteiger charge is -2.31. The van der Waals surface area contributed by atoms with Crippen molar-refractivity contribution in [3.63, 3.8) is 0 Å². The fourth-order valence-electron chi connectivity index (χ4n) is 4.41. The lowest BCUT2D eigenvalue weighted by Crippen LogP contribution is -2.47. The molecule has 4 atom stereocenters. The van der Waals surface area contributed by atoms with Crippen LogP contribution >= 0.6 is 0 Å². The number of fused-ring (bicyclic) bond motifs is 1. The number of hydrogen-bond acceptors (Lipinski definition) is 2. The van der Waals surface area contributed by atoms with E-state index in [2.05, 4.69) is 22.8 Å². The van der Waals surface area contributed by atoms with Gasteiger partial charge in [0.2, 0.25) is 5.91 Å². The number of carbonyl (C=O) groups is 2. The van der Waals surface area contributed by atoms with Gasteiger partial charge in [-0.05, 0) is 57.8 Å². The van der Waals surface area contributed by atoms with E-state index in [1.54, 1.807) is 0 Å². The molecule has 2 fully saturated rings. The van der Waals surface area contributed by atoms with Gasteiger partial charge in [0.1, 0.15) is 0 Å². The zero-order valence-electron chi connectivity index (χ0n) is 15.0. The maximum atomic E-state index is 12.6. The largest absolute Gasteiger partial charge is 0.354 e. The number of urea groups is 1. The second-order valence-corrected chi connectivity index (χ2v) is 8.04. The van der Waals surface area contributed by atoms with Crippen molar-refractivity contribution in [1.82, 2.24) is 15.5 Å². The zero-order chi connectivity index (χ0) is 17.1. The fraction of sp³-hybridized carbons (Fsp3) is 0.789. The summed E-state index contributed by atoms with van der Waals surface area (Å²) in [4.78, 5) is 26.8. The van der Waals surface area contributed by atoms with Crippen molar-refractivity contribution < 1.29 is 9.59 Å². The molecule has 0 unspecified atom stereocenters. The summed E-state index contributed by atoms with van der Waals surface area (Å²) < 4.78 is 0. The van der Waals surface area contributed by atoms with Crippen LogP contribution in [0.5, 0.6) is 0 Å². The lowest BCUT2D eigenvalue weighted by molar-refractivity contribution is -0.126. The van der Waals surface area contributed by atoms with Crippen molar-refractivity contribution >= 4 is 11.9 Å². The zero-order valence-corrected chi connectivity index (χ0v) is 15.0. The molecular weight excluding hydrogens is 302 g/mol. The summed E-state index contributed by atoms with van der Waals surface area (Å²) in [5.41, 5.74) is 0. The first-order valence-electron chi connectivity index (χ1n) is 9.53. The third kappa shape index (κ3) is 4.11. The van der Waals surface area contributed by atoms with Gasteiger partial charge in [-0.25, -0.2) is 4.79 Å². The van der Waals surface area contributed by atoms with Crippen molar-refractivity contribution in [2.24, 2.45) is 17.8 Å². The number of nitrogens with zero attached hydrogens (tertiary/aromatic N) is 1. The van der Waals surface area contributed by atoms with Crippen LogP contribution in [0.1, 0.15) is 52.4 Å². The summed E-state index contributed by atoms with van der Waals surface area (Å²) in [7, 11) is 0. The predicted molar refractivity (Wildman–Crippen MR) is 94.5 cm³/mol. The van der Waals surface area contributed by atoms with Crippen molar-refractivity contribution in [3.8, 4) is 0 Å². The maximum absolute atomic E-state index is 12.6. The first kappa shape index (κ1) is 17.3. The Bertz CT molecular complexity index is 487. The van der Waals surface area contributed by atoms with Crippen LogP contribution in [0.3, 0.4) is 0 Å². The number of carbonyl (C=O) groups excluding carboxylic acids is 2. The van der Waals surface area contributed by atoms with Crippen molar-refractivity contribution in [3.05, 3.63) is 12.2 Å². The molecule has 134 valence electrons. The molecule has 1 aliphatic heterocycles. The minimum absolute atomic E-state index is 0.0387. The Morgan fingerprint density at radius 1 is 1.08 bits per heavy atom. The molecule has 1 saturated heterocycles. The second kappa shape index (κ2) is 7.58. The highest BCUT2D eigenvalue weighted by atomic mass is 16.2.